The molecule has 0 unspecified atom stereocenters. The number of nitrogen functional groups attached to an aromatic ring is 1. The third-order valence-electron chi connectivity index (χ3n) is 4.00. The van der Waals surface area contributed by atoms with E-state index in [9.17, 15) is 0 Å². The molecule has 2 heteroatoms. The smallest absolute Gasteiger partial charge is 0.0415 e. The number of benzene rings is 2. The third kappa shape index (κ3) is 3.21. The van der Waals surface area contributed by atoms with Crippen molar-refractivity contribution in [3.05, 3.63) is 53.6 Å². The fourth-order valence-electron chi connectivity index (χ4n) is 2.63. The van der Waals surface area contributed by atoms with Gasteiger partial charge in [-0.3, -0.25) is 0 Å². The first kappa shape index (κ1) is 15.4. The maximum Gasteiger partial charge on any atom is 0.0415 e. The van der Waals surface area contributed by atoms with Crippen LogP contribution in [0.5, 0.6) is 0 Å². The molecule has 21 heavy (non-hydrogen) atoms. The first-order chi connectivity index (χ1) is 9.91. The van der Waals surface area contributed by atoms with E-state index in [1.807, 2.05) is 6.07 Å². The van der Waals surface area contributed by atoms with Gasteiger partial charge in [-0.15, -0.1) is 0 Å². The molecule has 0 spiro atoms. The summed E-state index contributed by atoms with van der Waals surface area (Å²) >= 11 is 0. The summed E-state index contributed by atoms with van der Waals surface area (Å²) < 4.78 is 0. The molecular weight excluding hydrogens is 256 g/mol. The summed E-state index contributed by atoms with van der Waals surface area (Å²) in [6.45, 7) is 8.79. The summed E-state index contributed by atoms with van der Waals surface area (Å²) in [6.07, 6.45) is 0. The Bertz CT molecular complexity index is 571. The minimum atomic E-state index is 0.423. The molecule has 2 N–H and O–H groups in total. The van der Waals surface area contributed by atoms with Crippen LogP contribution in [-0.2, 0) is 0 Å². The molecule has 0 heterocycles. The summed E-state index contributed by atoms with van der Waals surface area (Å²) in [4.78, 5) is 2.22. The molecule has 0 fully saturated rings. The Balaban J connectivity index is 2.54. The number of hydrogen-bond acceptors (Lipinski definition) is 2. The van der Waals surface area contributed by atoms with Crippen molar-refractivity contribution in [3.63, 3.8) is 0 Å². The molecule has 2 nitrogen and oxygen atoms in total. The van der Waals surface area contributed by atoms with Crippen molar-refractivity contribution in [2.45, 2.75) is 39.5 Å². The van der Waals surface area contributed by atoms with Gasteiger partial charge < -0.3 is 10.6 Å². The average molecular weight is 282 g/mol. The molecular formula is C19H26N2. The average Bonchev–Trinajstić information content (AvgIpc) is 2.47. The van der Waals surface area contributed by atoms with Gasteiger partial charge in [-0.1, -0.05) is 45.9 Å². The van der Waals surface area contributed by atoms with Crippen molar-refractivity contribution >= 4 is 17.1 Å². The van der Waals surface area contributed by atoms with Gasteiger partial charge in [0.2, 0.25) is 0 Å². The summed E-state index contributed by atoms with van der Waals surface area (Å²) in [7, 11) is 2.11. The first-order valence-electron chi connectivity index (χ1n) is 7.64. The highest BCUT2D eigenvalue weighted by Crippen LogP contribution is 2.36. The minimum Gasteiger partial charge on any atom is -0.398 e. The third-order valence-corrected chi connectivity index (χ3v) is 4.00. The van der Waals surface area contributed by atoms with E-state index in [-0.39, 0.29) is 0 Å². The Hall–Kier alpha value is -1.96. The maximum absolute atomic E-state index is 6.37. The van der Waals surface area contributed by atoms with E-state index in [1.165, 1.54) is 22.5 Å². The van der Waals surface area contributed by atoms with Crippen LogP contribution >= 0.6 is 0 Å². The molecule has 0 radical (unpaired) electrons. The van der Waals surface area contributed by atoms with E-state index in [0.29, 0.717) is 11.8 Å². The molecule has 0 amide bonds. The molecule has 0 bridgehead atoms. The normalized spacial score (nSPS) is 11.2. The molecule has 0 saturated carbocycles. The van der Waals surface area contributed by atoms with E-state index >= 15 is 0 Å². The quantitative estimate of drug-likeness (QED) is 0.773. The van der Waals surface area contributed by atoms with Crippen LogP contribution in [0.4, 0.5) is 17.1 Å². The van der Waals surface area contributed by atoms with Crippen LogP contribution in [-0.4, -0.2) is 7.05 Å². The van der Waals surface area contributed by atoms with Crippen molar-refractivity contribution in [3.8, 4) is 0 Å². The van der Waals surface area contributed by atoms with Crippen molar-refractivity contribution in [1.29, 1.82) is 0 Å². The fourth-order valence-corrected chi connectivity index (χ4v) is 2.63. The van der Waals surface area contributed by atoms with Gasteiger partial charge in [0, 0.05) is 24.1 Å². The highest BCUT2D eigenvalue weighted by atomic mass is 15.1. The number of anilines is 3. The zero-order chi connectivity index (χ0) is 15.6. The molecule has 0 aliphatic rings. The summed E-state index contributed by atoms with van der Waals surface area (Å²) in [5.74, 6) is 0.846. The van der Waals surface area contributed by atoms with E-state index in [1.54, 1.807) is 0 Å². The Labute approximate surface area is 128 Å². The van der Waals surface area contributed by atoms with Crippen LogP contribution in [0.25, 0.3) is 0 Å². The second-order valence-corrected chi connectivity index (χ2v) is 6.24. The van der Waals surface area contributed by atoms with Crippen molar-refractivity contribution in [1.82, 2.24) is 0 Å². The van der Waals surface area contributed by atoms with Gasteiger partial charge in [-0.25, -0.2) is 0 Å². The van der Waals surface area contributed by atoms with Crippen LogP contribution in [0.2, 0.25) is 0 Å². The minimum absolute atomic E-state index is 0.423. The second kappa shape index (κ2) is 6.21. The highest BCUT2D eigenvalue weighted by molar-refractivity contribution is 5.70. The van der Waals surface area contributed by atoms with Gasteiger partial charge in [-0.05, 0) is 47.2 Å². The largest absolute Gasteiger partial charge is 0.398 e. The van der Waals surface area contributed by atoms with Crippen LogP contribution in [0.3, 0.4) is 0 Å². The maximum atomic E-state index is 6.37. The van der Waals surface area contributed by atoms with E-state index in [2.05, 4.69) is 76.0 Å². The van der Waals surface area contributed by atoms with Crippen molar-refractivity contribution in [2.24, 2.45) is 0 Å². The van der Waals surface area contributed by atoms with Gasteiger partial charge in [0.05, 0.1) is 0 Å². The Morgan fingerprint density at radius 1 is 0.810 bits per heavy atom. The van der Waals surface area contributed by atoms with E-state index < -0.39 is 0 Å². The number of nitrogens with two attached hydrogens (primary N) is 1. The van der Waals surface area contributed by atoms with E-state index in [0.717, 1.165) is 5.69 Å². The molecule has 0 atom stereocenters. The molecule has 0 aliphatic heterocycles. The zero-order valence-corrected chi connectivity index (χ0v) is 13.7. The molecule has 2 aromatic carbocycles. The van der Waals surface area contributed by atoms with Crippen LogP contribution in [0.1, 0.15) is 50.7 Å². The van der Waals surface area contributed by atoms with Crippen LogP contribution < -0.4 is 10.6 Å². The van der Waals surface area contributed by atoms with Gasteiger partial charge in [0.15, 0.2) is 0 Å². The van der Waals surface area contributed by atoms with Crippen LogP contribution in [0, 0.1) is 0 Å². The SMILES string of the molecule is CC(C)c1cc(N(C)c2ccccc2)cc(C(C)C)c1N. The van der Waals surface area contributed by atoms with Gasteiger partial charge in [0.25, 0.3) is 0 Å². The lowest BCUT2D eigenvalue weighted by Crippen LogP contribution is -2.12. The van der Waals surface area contributed by atoms with Crippen molar-refractivity contribution in [2.75, 3.05) is 17.7 Å². The lowest BCUT2D eigenvalue weighted by atomic mass is 9.92. The number of nitrogens with zero attached hydrogens (tertiary/aromatic N) is 1. The zero-order valence-electron chi connectivity index (χ0n) is 13.7. The Morgan fingerprint density at radius 2 is 1.29 bits per heavy atom. The lowest BCUT2D eigenvalue weighted by Gasteiger charge is -2.25. The molecule has 112 valence electrons. The number of para-hydroxylation sites is 1. The molecule has 0 aromatic heterocycles. The summed E-state index contributed by atoms with van der Waals surface area (Å²) in [5, 5.41) is 0. The highest BCUT2D eigenvalue weighted by Gasteiger charge is 2.15. The fraction of sp³-hybridized carbons (Fsp3) is 0.368. The van der Waals surface area contributed by atoms with Crippen LogP contribution in [0.15, 0.2) is 42.5 Å². The van der Waals surface area contributed by atoms with Gasteiger partial charge in [-0.2, -0.15) is 0 Å². The predicted octanol–water partition coefficient (Wildman–Crippen LogP) is 5.28. The summed E-state index contributed by atoms with van der Waals surface area (Å²) in [6, 6.07) is 14.9. The Kier molecular flexibility index (Phi) is 4.56. The molecule has 0 saturated heterocycles. The monoisotopic (exact) mass is 282 g/mol. The molecule has 2 rings (SSSR count). The Morgan fingerprint density at radius 3 is 1.71 bits per heavy atom. The standard InChI is InChI=1S/C19H26N2/c1-13(2)17-11-16(12-18(14(3)4)19(17)20)21(5)15-9-7-6-8-10-15/h6-14H,20H2,1-5H3. The topological polar surface area (TPSA) is 29.3 Å². The predicted molar refractivity (Wildman–Crippen MR) is 93.5 cm³/mol. The second-order valence-electron chi connectivity index (χ2n) is 6.24. The number of hydrogen-bond donors (Lipinski definition) is 1. The lowest BCUT2D eigenvalue weighted by molar-refractivity contribution is 0.838. The van der Waals surface area contributed by atoms with Gasteiger partial charge >= 0.3 is 0 Å². The molecule has 2 aromatic rings. The van der Waals surface area contributed by atoms with E-state index in [4.69, 9.17) is 5.73 Å². The van der Waals surface area contributed by atoms with Crippen molar-refractivity contribution < 1.29 is 0 Å². The molecule has 0 aliphatic carbocycles. The first-order valence-corrected chi connectivity index (χ1v) is 7.64. The van der Waals surface area contributed by atoms with Gasteiger partial charge in [0.1, 0.15) is 0 Å². The number of rotatable bonds is 4. The summed E-state index contributed by atoms with van der Waals surface area (Å²) in [5.41, 5.74) is 12.2.